The minimum atomic E-state index is -0.746. The number of non-ortho nitro benzene ring substituents is 1. The molecule has 0 bridgehead atoms. The molecule has 0 saturated carbocycles. The molecule has 0 spiro atoms. The molecular formula is C23H20Cl2N2O7S. The van der Waals surface area contributed by atoms with Crippen LogP contribution in [0.4, 0.5) is 10.5 Å². The van der Waals surface area contributed by atoms with Crippen molar-refractivity contribution >= 4 is 63.8 Å². The van der Waals surface area contributed by atoms with E-state index in [9.17, 15) is 24.5 Å². The summed E-state index contributed by atoms with van der Waals surface area (Å²) in [5, 5.41) is 10.5. The Labute approximate surface area is 215 Å². The van der Waals surface area contributed by atoms with Crippen LogP contribution in [0.15, 0.2) is 41.3 Å². The lowest BCUT2D eigenvalue weighted by Gasteiger charge is -2.21. The van der Waals surface area contributed by atoms with Gasteiger partial charge in [-0.25, -0.2) is 0 Å². The van der Waals surface area contributed by atoms with E-state index in [1.807, 2.05) is 0 Å². The molecule has 184 valence electrons. The number of halogens is 2. The van der Waals surface area contributed by atoms with Gasteiger partial charge in [-0.05, 0) is 74.0 Å². The topological polar surface area (TPSA) is 116 Å². The molecule has 1 heterocycles. The molecule has 1 aliphatic heterocycles. The maximum atomic E-state index is 12.7. The molecular weight excluding hydrogens is 519 g/mol. The van der Waals surface area contributed by atoms with Gasteiger partial charge < -0.3 is 9.47 Å². The van der Waals surface area contributed by atoms with Crippen LogP contribution in [0.3, 0.4) is 0 Å². The molecule has 2 amide bonds. The van der Waals surface area contributed by atoms with Crippen molar-refractivity contribution in [1.82, 2.24) is 4.90 Å². The monoisotopic (exact) mass is 538 g/mol. The van der Waals surface area contributed by atoms with Crippen LogP contribution in [0.2, 0.25) is 10.0 Å². The number of carbonyl (C=O) groups is 3. The Morgan fingerprint density at radius 3 is 2.29 bits per heavy atom. The summed E-state index contributed by atoms with van der Waals surface area (Å²) in [7, 11) is 0. The molecule has 0 unspecified atom stereocenters. The summed E-state index contributed by atoms with van der Waals surface area (Å²) in [5.41, 5.74) is 0.338. The number of thioether (sulfide) groups is 1. The van der Waals surface area contributed by atoms with Crippen molar-refractivity contribution in [3.8, 4) is 5.75 Å². The Hall–Kier alpha value is -3.08. The molecule has 0 atom stereocenters. The molecule has 0 N–H and O–H groups in total. The van der Waals surface area contributed by atoms with Gasteiger partial charge >= 0.3 is 5.97 Å². The lowest BCUT2D eigenvalue weighted by molar-refractivity contribution is -0.384. The van der Waals surface area contributed by atoms with E-state index in [1.165, 1.54) is 30.3 Å². The Morgan fingerprint density at radius 2 is 1.74 bits per heavy atom. The zero-order chi connectivity index (χ0) is 25.9. The Balaban J connectivity index is 1.71. The first-order valence-electron chi connectivity index (χ1n) is 10.2. The van der Waals surface area contributed by atoms with Crippen molar-refractivity contribution in [2.75, 3.05) is 6.54 Å². The number of amides is 2. The van der Waals surface area contributed by atoms with Crippen molar-refractivity contribution in [3.63, 3.8) is 0 Å². The maximum Gasteiger partial charge on any atom is 0.326 e. The first-order chi connectivity index (χ1) is 16.3. The smallest absolute Gasteiger partial charge is 0.326 e. The predicted molar refractivity (Wildman–Crippen MR) is 132 cm³/mol. The van der Waals surface area contributed by atoms with Gasteiger partial charge in [0.05, 0.1) is 19.9 Å². The average Bonchev–Trinajstić information content (AvgIpc) is 2.99. The van der Waals surface area contributed by atoms with Gasteiger partial charge in [-0.15, -0.1) is 0 Å². The van der Waals surface area contributed by atoms with E-state index in [1.54, 1.807) is 32.9 Å². The highest BCUT2D eigenvalue weighted by Crippen LogP contribution is 2.38. The largest absolute Gasteiger partial charge is 0.486 e. The molecule has 12 heteroatoms. The molecule has 0 aliphatic carbocycles. The van der Waals surface area contributed by atoms with E-state index in [0.717, 1.165) is 4.90 Å². The summed E-state index contributed by atoms with van der Waals surface area (Å²) in [6.07, 6.45) is 1.44. The lowest BCUT2D eigenvalue weighted by atomic mass is 10.2. The van der Waals surface area contributed by atoms with Crippen LogP contribution >= 0.6 is 35.0 Å². The number of benzene rings is 2. The van der Waals surface area contributed by atoms with E-state index in [0.29, 0.717) is 22.9 Å². The second-order valence-electron chi connectivity index (χ2n) is 8.38. The highest BCUT2D eigenvalue weighted by molar-refractivity contribution is 8.18. The SMILES string of the molecule is CC(C)(C)OC(=O)CN1C(=O)SC(=Cc2cc(Cl)c(OCc3ccc([N+](=O)[O-])cc3)c(Cl)c2)C1=O. The Kier molecular flexibility index (Phi) is 8.09. The van der Waals surface area contributed by atoms with Crippen LogP contribution in [0.25, 0.3) is 6.08 Å². The van der Waals surface area contributed by atoms with Crippen LogP contribution in [-0.4, -0.2) is 39.1 Å². The minimum Gasteiger partial charge on any atom is -0.486 e. The third-order valence-corrected chi connectivity index (χ3v) is 5.90. The van der Waals surface area contributed by atoms with Crippen LogP contribution in [0.5, 0.6) is 5.75 Å². The minimum absolute atomic E-state index is 0.0373. The number of imide groups is 1. The van der Waals surface area contributed by atoms with Gasteiger partial charge in [-0.1, -0.05) is 23.2 Å². The third-order valence-electron chi connectivity index (χ3n) is 4.43. The van der Waals surface area contributed by atoms with Gasteiger partial charge in [0.15, 0.2) is 5.75 Å². The fourth-order valence-electron chi connectivity index (χ4n) is 2.96. The highest BCUT2D eigenvalue weighted by Gasteiger charge is 2.37. The molecule has 2 aromatic rings. The summed E-state index contributed by atoms with van der Waals surface area (Å²) in [6.45, 7) is 4.64. The van der Waals surface area contributed by atoms with E-state index >= 15 is 0 Å². The van der Waals surface area contributed by atoms with E-state index < -0.39 is 34.2 Å². The first-order valence-corrected chi connectivity index (χ1v) is 11.7. The molecule has 3 rings (SSSR count). The zero-order valence-corrected chi connectivity index (χ0v) is 21.2. The van der Waals surface area contributed by atoms with Crippen LogP contribution in [0, 0.1) is 10.1 Å². The Bertz CT molecular complexity index is 1200. The Morgan fingerprint density at radius 1 is 1.14 bits per heavy atom. The molecule has 9 nitrogen and oxygen atoms in total. The summed E-state index contributed by atoms with van der Waals surface area (Å²) in [6, 6.07) is 8.87. The van der Waals surface area contributed by atoms with Gasteiger partial charge in [0, 0.05) is 12.1 Å². The number of esters is 1. The number of ether oxygens (including phenoxy) is 2. The van der Waals surface area contributed by atoms with Crippen molar-refractivity contribution < 1.29 is 28.8 Å². The molecule has 0 aromatic heterocycles. The lowest BCUT2D eigenvalue weighted by Crippen LogP contribution is -2.37. The van der Waals surface area contributed by atoms with Crippen LogP contribution in [-0.2, 0) is 20.9 Å². The molecule has 2 aromatic carbocycles. The van der Waals surface area contributed by atoms with Gasteiger partial charge in [-0.2, -0.15) is 0 Å². The number of rotatable bonds is 7. The van der Waals surface area contributed by atoms with Crippen molar-refractivity contribution in [2.24, 2.45) is 0 Å². The summed E-state index contributed by atoms with van der Waals surface area (Å²) >= 11 is 13.3. The quantitative estimate of drug-likeness (QED) is 0.186. The zero-order valence-electron chi connectivity index (χ0n) is 18.9. The molecule has 1 aliphatic rings. The van der Waals surface area contributed by atoms with E-state index in [2.05, 4.69) is 0 Å². The average molecular weight is 539 g/mol. The predicted octanol–water partition coefficient (Wildman–Crippen LogP) is 5.86. The van der Waals surface area contributed by atoms with E-state index in [-0.39, 0.29) is 33.0 Å². The summed E-state index contributed by atoms with van der Waals surface area (Å²) in [4.78, 5) is 48.1. The summed E-state index contributed by atoms with van der Waals surface area (Å²) < 4.78 is 10.9. The number of nitro benzene ring substituents is 1. The molecule has 1 saturated heterocycles. The van der Waals surface area contributed by atoms with Crippen LogP contribution < -0.4 is 4.74 Å². The number of nitrogens with zero attached hydrogens (tertiary/aromatic N) is 2. The normalized spacial score (nSPS) is 15.0. The summed E-state index contributed by atoms with van der Waals surface area (Å²) in [5.74, 6) is -1.12. The number of hydrogen-bond acceptors (Lipinski definition) is 8. The highest BCUT2D eigenvalue weighted by atomic mass is 35.5. The van der Waals surface area contributed by atoms with Gasteiger partial charge in [0.25, 0.3) is 16.8 Å². The number of hydrogen-bond donors (Lipinski definition) is 0. The number of carbonyl (C=O) groups excluding carboxylic acids is 3. The maximum absolute atomic E-state index is 12.7. The fraction of sp³-hybridized carbons (Fsp3) is 0.261. The van der Waals surface area contributed by atoms with Gasteiger partial charge in [0.1, 0.15) is 18.8 Å². The first kappa shape index (κ1) is 26.5. The standard InChI is InChI=1S/C23H20Cl2N2O7S/c1-23(2,3)34-19(28)11-26-21(29)18(35-22(26)30)10-14-8-16(24)20(17(25)9-14)33-12-13-4-6-15(7-5-13)27(31)32/h4-10H,11-12H2,1-3H3. The van der Waals surface area contributed by atoms with Crippen molar-refractivity contribution in [3.05, 3.63) is 72.6 Å². The second kappa shape index (κ2) is 10.7. The third kappa shape index (κ3) is 6.97. The van der Waals surface area contributed by atoms with Crippen molar-refractivity contribution in [2.45, 2.75) is 33.0 Å². The van der Waals surface area contributed by atoms with Gasteiger partial charge in [-0.3, -0.25) is 29.4 Å². The van der Waals surface area contributed by atoms with Crippen molar-refractivity contribution in [1.29, 1.82) is 0 Å². The molecule has 0 radical (unpaired) electrons. The number of nitro groups is 1. The van der Waals surface area contributed by atoms with Gasteiger partial charge in [0.2, 0.25) is 0 Å². The van der Waals surface area contributed by atoms with E-state index in [4.69, 9.17) is 32.7 Å². The fourth-order valence-corrected chi connectivity index (χ4v) is 4.41. The van der Waals surface area contributed by atoms with Crippen LogP contribution in [0.1, 0.15) is 31.9 Å². The second-order valence-corrected chi connectivity index (χ2v) is 10.2. The molecule has 1 fully saturated rings. The molecule has 35 heavy (non-hydrogen) atoms.